The van der Waals surface area contributed by atoms with Crippen molar-refractivity contribution in [1.82, 2.24) is 20.4 Å². The minimum absolute atomic E-state index is 0.342. The smallest absolute Gasteiger partial charge is 0.0843 e. The van der Waals surface area contributed by atoms with E-state index < -0.39 is 0 Å². The lowest BCUT2D eigenvalue weighted by atomic mass is 9.66. The number of hydrazine groups is 1. The highest BCUT2D eigenvalue weighted by Crippen LogP contribution is 2.43. The Bertz CT molecular complexity index is 430. The highest BCUT2D eigenvalue weighted by molar-refractivity contribution is 4.98. The number of aromatic nitrogens is 3. The topological polar surface area (TPSA) is 68.8 Å². The van der Waals surface area contributed by atoms with Crippen molar-refractivity contribution in [2.45, 2.75) is 57.4 Å². The lowest BCUT2D eigenvalue weighted by Crippen LogP contribution is -2.45. The fourth-order valence-corrected chi connectivity index (χ4v) is 4.35. The van der Waals surface area contributed by atoms with E-state index in [1.807, 2.05) is 13.2 Å². The third-order valence-electron chi connectivity index (χ3n) is 5.44. The van der Waals surface area contributed by atoms with Crippen molar-refractivity contribution in [2.75, 3.05) is 0 Å². The zero-order valence-electron chi connectivity index (χ0n) is 12.5. The first-order valence-corrected chi connectivity index (χ1v) is 8.07. The van der Waals surface area contributed by atoms with E-state index in [1.54, 1.807) is 4.68 Å². The number of fused-ring (bicyclic) bond motifs is 1. The Morgan fingerprint density at radius 1 is 1.30 bits per heavy atom. The maximum Gasteiger partial charge on any atom is 0.0843 e. The van der Waals surface area contributed by atoms with Crippen molar-refractivity contribution in [3.05, 3.63) is 11.9 Å². The monoisotopic (exact) mass is 277 g/mol. The van der Waals surface area contributed by atoms with Gasteiger partial charge in [0.15, 0.2) is 0 Å². The average Bonchev–Trinajstić information content (AvgIpc) is 2.89. The Hall–Kier alpha value is -0.940. The number of nitrogens with one attached hydrogen (secondary N) is 1. The fourth-order valence-electron chi connectivity index (χ4n) is 4.35. The minimum Gasteiger partial charge on any atom is -0.271 e. The Balaban J connectivity index is 1.61. The molecule has 4 atom stereocenters. The molecule has 2 fully saturated rings. The molecule has 5 heteroatoms. The molecule has 5 nitrogen and oxygen atoms in total. The summed E-state index contributed by atoms with van der Waals surface area (Å²) >= 11 is 0. The van der Waals surface area contributed by atoms with E-state index >= 15 is 0 Å². The molecule has 0 amide bonds. The van der Waals surface area contributed by atoms with Crippen LogP contribution in [0.25, 0.3) is 0 Å². The Kier molecular flexibility index (Phi) is 4.36. The van der Waals surface area contributed by atoms with Crippen LogP contribution in [0.4, 0.5) is 0 Å². The van der Waals surface area contributed by atoms with Gasteiger partial charge in [0.1, 0.15) is 0 Å². The fraction of sp³-hybridized carbons (Fsp3) is 0.867. The molecule has 112 valence electrons. The molecule has 3 N–H and O–H groups in total. The Morgan fingerprint density at radius 2 is 2.10 bits per heavy atom. The molecule has 1 aromatic heterocycles. The molecular formula is C15H27N5. The van der Waals surface area contributed by atoms with E-state index in [9.17, 15) is 0 Å². The molecule has 20 heavy (non-hydrogen) atoms. The van der Waals surface area contributed by atoms with Gasteiger partial charge < -0.3 is 0 Å². The van der Waals surface area contributed by atoms with Crippen LogP contribution in [-0.2, 0) is 13.5 Å². The third kappa shape index (κ3) is 3.04. The second-order valence-electron chi connectivity index (χ2n) is 6.74. The largest absolute Gasteiger partial charge is 0.271 e. The van der Waals surface area contributed by atoms with Gasteiger partial charge in [0.2, 0.25) is 0 Å². The van der Waals surface area contributed by atoms with Crippen LogP contribution in [0.3, 0.4) is 0 Å². The summed E-state index contributed by atoms with van der Waals surface area (Å²) in [6.07, 6.45) is 12.7. The van der Waals surface area contributed by atoms with Gasteiger partial charge in [-0.2, -0.15) is 0 Å². The average molecular weight is 277 g/mol. The summed E-state index contributed by atoms with van der Waals surface area (Å²) in [6, 6.07) is 0.342. The van der Waals surface area contributed by atoms with Gasteiger partial charge in [-0.1, -0.05) is 30.9 Å². The maximum atomic E-state index is 5.82. The zero-order chi connectivity index (χ0) is 13.9. The van der Waals surface area contributed by atoms with Crippen LogP contribution in [0.5, 0.6) is 0 Å². The van der Waals surface area contributed by atoms with Crippen LogP contribution in [-0.4, -0.2) is 21.0 Å². The van der Waals surface area contributed by atoms with Crippen molar-refractivity contribution in [3.8, 4) is 0 Å². The molecular weight excluding hydrogens is 250 g/mol. The molecule has 0 aromatic carbocycles. The van der Waals surface area contributed by atoms with Gasteiger partial charge in [0, 0.05) is 25.7 Å². The number of hydrogen-bond acceptors (Lipinski definition) is 4. The predicted molar refractivity (Wildman–Crippen MR) is 78.6 cm³/mol. The van der Waals surface area contributed by atoms with Crippen molar-refractivity contribution in [2.24, 2.45) is 30.6 Å². The van der Waals surface area contributed by atoms with Crippen LogP contribution in [0.2, 0.25) is 0 Å². The summed E-state index contributed by atoms with van der Waals surface area (Å²) < 4.78 is 1.76. The normalized spacial score (nSPS) is 31.8. The third-order valence-corrected chi connectivity index (χ3v) is 5.44. The molecule has 3 rings (SSSR count). The Labute approximate surface area is 121 Å². The van der Waals surface area contributed by atoms with E-state index in [0.29, 0.717) is 12.0 Å². The number of rotatable bonds is 4. The number of nitrogens with zero attached hydrogens (tertiary/aromatic N) is 3. The van der Waals surface area contributed by atoms with Crippen molar-refractivity contribution >= 4 is 0 Å². The van der Waals surface area contributed by atoms with E-state index in [4.69, 9.17) is 5.84 Å². The molecule has 4 unspecified atom stereocenters. The second-order valence-corrected chi connectivity index (χ2v) is 6.74. The first kappa shape index (κ1) is 14.0. The van der Waals surface area contributed by atoms with Gasteiger partial charge in [-0.25, -0.2) is 0 Å². The van der Waals surface area contributed by atoms with E-state index in [0.717, 1.165) is 24.0 Å². The van der Waals surface area contributed by atoms with Crippen LogP contribution in [0, 0.1) is 17.8 Å². The summed E-state index contributed by atoms with van der Waals surface area (Å²) in [5.41, 5.74) is 4.09. The lowest BCUT2D eigenvalue weighted by Gasteiger charge is -2.41. The SMILES string of the molecule is Cn1cc(CC(NN)C2CCC3CCCCC3C2)nn1. The first-order chi connectivity index (χ1) is 9.76. The van der Waals surface area contributed by atoms with Crippen LogP contribution >= 0.6 is 0 Å². The van der Waals surface area contributed by atoms with Gasteiger partial charge in [-0.3, -0.25) is 16.0 Å². The van der Waals surface area contributed by atoms with Gasteiger partial charge in [0.25, 0.3) is 0 Å². The lowest BCUT2D eigenvalue weighted by molar-refractivity contribution is 0.109. The Morgan fingerprint density at radius 3 is 2.80 bits per heavy atom. The number of aryl methyl sites for hydroxylation is 1. The summed E-state index contributed by atoms with van der Waals surface area (Å²) in [6.45, 7) is 0. The summed E-state index contributed by atoms with van der Waals surface area (Å²) in [5.74, 6) is 8.46. The molecule has 0 spiro atoms. The highest BCUT2D eigenvalue weighted by atomic mass is 15.4. The van der Waals surface area contributed by atoms with Gasteiger partial charge >= 0.3 is 0 Å². The van der Waals surface area contributed by atoms with Crippen molar-refractivity contribution in [1.29, 1.82) is 0 Å². The summed E-state index contributed by atoms with van der Waals surface area (Å²) in [5, 5.41) is 8.21. The molecule has 0 bridgehead atoms. The van der Waals surface area contributed by atoms with E-state index in [1.165, 1.54) is 44.9 Å². The molecule has 0 saturated heterocycles. The second kappa shape index (κ2) is 6.22. The molecule has 0 radical (unpaired) electrons. The maximum absolute atomic E-state index is 5.82. The highest BCUT2D eigenvalue weighted by Gasteiger charge is 2.35. The molecule has 1 heterocycles. The van der Waals surface area contributed by atoms with Crippen LogP contribution in [0.1, 0.15) is 50.6 Å². The first-order valence-electron chi connectivity index (χ1n) is 8.07. The van der Waals surface area contributed by atoms with Crippen molar-refractivity contribution in [3.63, 3.8) is 0 Å². The van der Waals surface area contributed by atoms with E-state index in [2.05, 4.69) is 15.7 Å². The summed E-state index contributed by atoms with van der Waals surface area (Å²) in [7, 11) is 1.91. The van der Waals surface area contributed by atoms with E-state index in [-0.39, 0.29) is 0 Å². The predicted octanol–water partition coefficient (Wildman–Crippen LogP) is 1.80. The van der Waals surface area contributed by atoms with Gasteiger partial charge in [-0.05, 0) is 37.0 Å². The summed E-state index contributed by atoms with van der Waals surface area (Å²) in [4.78, 5) is 0. The van der Waals surface area contributed by atoms with Gasteiger partial charge in [0.05, 0.1) is 5.69 Å². The number of nitrogens with two attached hydrogens (primary N) is 1. The zero-order valence-corrected chi connectivity index (χ0v) is 12.5. The molecule has 0 aliphatic heterocycles. The standard InChI is InChI=1S/C15H27N5/c1-20-10-14(18-19-20)9-15(17-16)13-7-6-11-4-2-3-5-12(11)8-13/h10-13,15,17H,2-9,16H2,1H3. The number of hydrogen-bond donors (Lipinski definition) is 2. The molecule has 1 aromatic rings. The quantitative estimate of drug-likeness (QED) is 0.650. The van der Waals surface area contributed by atoms with Gasteiger partial charge in [-0.15, -0.1) is 5.10 Å². The molecule has 2 aliphatic rings. The molecule has 2 saturated carbocycles. The van der Waals surface area contributed by atoms with Crippen LogP contribution < -0.4 is 11.3 Å². The van der Waals surface area contributed by atoms with Crippen LogP contribution in [0.15, 0.2) is 6.20 Å². The molecule has 2 aliphatic carbocycles. The van der Waals surface area contributed by atoms with Crippen molar-refractivity contribution < 1.29 is 0 Å². The minimum atomic E-state index is 0.342.